The summed E-state index contributed by atoms with van der Waals surface area (Å²) in [5.74, 6) is -0.423. The predicted octanol–water partition coefficient (Wildman–Crippen LogP) is 4.48. The lowest BCUT2D eigenvalue weighted by molar-refractivity contribution is -0.117. The molecule has 1 N–H and O–H groups in total. The van der Waals surface area contributed by atoms with Crippen molar-refractivity contribution in [1.82, 2.24) is 10.3 Å². The lowest BCUT2D eigenvalue weighted by Gasteiger charge is -2.18. The number of halogens is 1. The van der Waals surface area contributed by atoms with E-state index in [0.717, 1.165) is 11.3 Å². The highest BCUT2D eigenvalue weighted by Gasteiger charge is 2.20. The Morgan fingerprint density at radius 3 is 2.65 bits per heavy atom. The Morgan fingerprint density at radius 2 is 1.94 bits per heavy atom. The zero-order chi connectivity index (χ0) is 22.2. The summed E-state index contributed by atoms with van der Waals surface area (Å²) in [4.78, 5) is 29.6. The number of aryl methyl sites for hydroxylation is 1. The van der Waals surface area contributed by atoms with Crippen molar-refractivity contribution in [3.05, 3.63) is 77.1 Å². The largest absolute Gasteiger partial charge is 0.492 e. The van der Waals surface area contributed by atoms with Crippen LogP contribution in [0.1, 0.15) is 18.2 Å². The summed E-state index contributed by atoms with van der Waals surface area (Å²) in [6.45, 7) is 4.04. The maximum Gasteiger partial charge on any atom is 0.244 e. The minimum Gasteiger partial charge on any atom is -0.492 e. The number of amides is 2. The summed E-state index contributed by atoms with van der Waals surface area (Å²) in [6, 6.07) is 13.7. The molecule has 1 heterocycles. The number of carbonyl (C=O) groups excluding carboxylic acids is 2. The Kier molecular flexibility index (Phi) is 7.50. The molecule has 3 aromatic rings. The van der Waals surface area contributed by atoms with Crippen molar-refractivity contribution in [3.8, 4) is 5.75 Å². The van der Waals surface area contributed by atoms with E-state index in [2.05, 4.69) is 10.3 Å². The molecule has 160 valence electrons. The number of aromatic nitrogens is 1. The van der Waals surface area contributed by atoms with E-state index in [1.54, 1.807) is 17.5 Å². The smallest absolute Gasteiger partial charge is 0.244 e. The van der Waals surface area contributed by atoms with Crippen LogP contribution in [0.5, 0.6) is 5.75 Å². The van der Waals surface area contributed by atoms with Gasteiger partial charge in [0.2, 0.25) is 11.8 Å². The molecule has 6 nitrogen and oxygen atoms in total. The molecule has 0 atom stereocenters. The first-order valence-electron chi connectivity index (χ1n) is 9.60. The summed E-state index contributed by atoms with van der Waals surface area (Å²) >= 11 is 1.19. The molecule has 0 saturated carbocycles. The van der Waals surface area contributed by atoms with E-state index in [1.807, 2.05) is 31.2 Å². The molecule has 1 aromatic heterocycles. The van der Waals surface area contributed by atoms with Crippen LogP contribution in [0.15, 0.2) is 60.0 Å². The van der Waals surface area contributed by atoms with E-state index in [4.69, 9.17) is 4.74 Å². The number of ether oxygens (including phenoxy) is 1. The molecular weight excluding hydrogens is 417 g/mol. The maximum atomic E-state index is 14.1. The number of thiazole rings is 1. The van der Waals surface area contributed by atoms with Crippen LogP contribution in [-0.2, 0) is 9.59 Å². The number of nitrogens with one attached hydrogen (secondary N) is 1. The van der Waals surface area contributed by atoms with Crippen LogP contribution in [0.25, 0.3) is 6.08 Å². The fourth-order valence-electron chi connectivity index (χ4n) is 2.69. The number of anilines is 2. The third-order valence-corrected chi connectivity index (χ3v) is 5.05. The summed E-state index contributed by atoms with van der Waals surface area (Å²) in [5, 5.41) is 4.74. The summed E-state index contributed by atoms with van der Waals surface area (Å²) < 4.78 is 19.7. The van der Waals surface area contributed by atoms with Gasteiger partial charge in [-0.1, -0.05) is 29.8 Å². The monoisotopic (exact) mass is 439 g/mol. The van der Waals surface area contributed by atoms with E-state index in [1.165, 1.54) is 47.4 Å². The number of hydrogen-bond acceptors (Lipinski definition) is 5. The summed E-state index contributed by atoms with van der Waals surface area (Å²) in [6.07, 6.45) is 2.89. The molecule has 0 spiro atoms. The number of rotatable bonds is 8. The molecule has 0 radical (unpaired) electrons. The van der Waals surface area contributed by atoms with Crippen LogP contribution in [0.4, 0.5) is 15.2 Å². The van der Waals surface area contributed by atoms with Gasteiger partial charge in [-0.25, -0.2) is 9.37 Å². The molecule has 3 rings (SSSR count). The van der Waals surface area contributed by atoms with Gasteiger partial charge < -0.3 is 10.1 Å². The molecule has 2 aromatic carbocycles. The number of para-hydroxylation sites is 1. The van der Waals surface area contributed by atoms with Gasteiger partial charge in [0, 0.05) is 18.4 Å². The molecule has 31 heavy (non-hydrogen) atoms. The van der Waals surface area contributed by atoms with Crippen molar-refractivity contribution in [3.63, 3.8) is 0 Å². The summed E-state index contributed by atoms with van der Waals surface area (Å²) in [7, 11) is 0. The van der Waals surface area contributed by atoms with Crippen molar-refractivity contribution in [2.45, 2.75) is 13.8 Å². The minimum absolute atomic E-state index is 0.131. The van der Waals surface area contributed by atoms with Crippen molar-refractivity contribution in [1.29, 1.82) is 0 Å². The molecule has 0 unspecified atom stereocenters. The van der Waals surface area contributed by atoms with Crippen molar-refractivity contribution in [2.24, 2.45) is 0 Å². The quantitative estimate of drug-likeness (QED) is 0.415. The minimum atomic E-state index is -0.516. The average molecular weight is 440 g/mol. The molecule has 0 aliphatic heterocycles. The Bertz CT molecular complexity index is 1080. The fraction of sp³-hybridized carbons (Fsp3) is 0.174. The first kappa shape index (κ1) is 22.2. The number of nitrogens with zero attached hydrogens (tertiary/aromatic N) is 2. The second kappa shape index (κ2) is 10.5. The maximum absolute atomic E-state index is 14.1. The lowest BCUT2D eigenvalue weighted by Crippen LogP contribution is -2.26. The zero-order valence-corrected chi connectivity index (χ0v) is 18.0. The number of carbonyl (C=O) groups is 2. The van der Waals surface area contributed by atoms with Crippen molar-refractivity contribution in [2.75, 3.05) is 18.1 Å². The van der Waals surface area contributed by atoms with Gasteiger partial charge in [0.15, 0.2) is 5.13 Å². The lowest BCUT2D eigenvalue weighted by atomic mass is 10.2. The van der Waals surface area contributed by atoms with E-state index in [0.29, 0.717) is 24.0 Å². The van der Waals surface area contributed by atoms with Gasteiger partial charge in [-0.05, 0) is 37.3 Å². The predicted molar refractivity (Wildman–Crippen MR) is 120 cm³/mol. The highest BCUT2D eigenvalue weighted by atomic mass is 32.1. The van der Waals surface area contributed by atoms with Gasteiger partial charge in [0.1, 0.15) is 18.2 Å². The number of hydrogen-bond donors (Lipinski definition) is 1. The summed E-state index contributed by atoms with van der Waals surface area (Å²) in [5.41, 5.74) is 1.77. The first-order chi connectivity index (χ1) is 14.9. The van der Waals surface area contributed by atoms with E-state index in [9.17, 15) is 14.0 Å². The van der Waals surface area contributed by atoms with Crippen LogP contribution >= 0.6 is 11.3 Å². The Morgan fingerprint density at radius 1 is 1.19 bits per heavy atom. The highest BCUT2D eigenvalue weighted by molar-refractivity contribution is 7.14. The van der Waals surface area contributed by atoms with E-state index in [-0.39, 0.29) is 17.5 Å². The van der Waals surface area contributed by atoms with Gasteiger partial charge in [0.25, 0.3) is 0 Å². The second-order valence-electron chi connectivity index (χ2n) is 6.65. The van der Waals surface area contributed by atoms with Gasteiger partial charge in [-0.15, -0.1) is 11.3 Å². The van der Waals surface area contributed by atoms with Crippen LogP contribution < -0.4 is 15.0 Å². The van der Waals surface area contributed by atoms with E-state index < -0.39 is 5.82 Å². The molecule has 0 saturated heterocycles. The van der Waals surface area contributed by atoms with Gasteiger partial charge >= 0.3 is 0 Å². The van der Waals surface area contributed by atoms with Crippen molar-refractivity contribution < 1.29 is 18.7 Å². The second-order valence-corrected chi connectivity index (χ2v) is 7.48. The van der Waals surface area contributed by atoms with E-state index >= 15 is 0 Å². The van der Waals surface area contributed by atoms with Gasteiger partial charge in [-0.2, -0.15) is 0 Å². The van der Waals surface area contributed by atoms with Gasteiger partial charge in [-0.3, -0.25) is 14.5 Å². The average Bonchev–Trinajstić information content (AvgIpc) is 3.21. The Hall–Kier alpha value is -3.52. The molecule has 0 fully saturated rings. The third kappa shape index (κ3) is 6.23. The topological polar surface area (TPSA) is 71.5 Å². The molecule has 0 aliphatic carbocycles. The highest BCUT2D eigenvalue weighted by Crippen LogP contribution is 2.30. The first-order valence-corrected chi connectivity index (χ1v) is 10.5. The van der Waals surface area contributed by atoms with Crippen molar-refractivity contribution >= 4 is 40.0 Å². The Balaban J connectivity index is 1.54. The molecule has 2 amide bonds. The SMILES string of the molecule is CC(=O)N(c1nc(/C=C/C(=O)NCCOc2ccc(C)cc2)cs1)c1ccccc1F. The molecule has 0 bridgehead atoms. The Labute approximate surface area is 184 Å². The fourth-order valence-corrected chi connectivity index (χ4v) is 3.54. The zero-order valence-electron chi connectivity index (χ0n) is 17.2. The number of benzene rings is 2. The standard InChI is InChI=1S/C23H22FN3O3S/c1-16-7-10-19(11-8-16)30-14-13-25-22(29)12-9-18-15-31-23(26-18)27(17(2)28)21-6-4-3-5-20(21)24/h3-12,15H,13-14H2,1-2H3,(H,25,29)/b12-9+. The molecule has 0 aliphatic rings. The van der Waals surface area contributed by atoms with Crippen LogP contribution in [0, 0.1) is 12.7 Å². The van der Waals surface area contributed by atoms with Crippen LogP contribution in [0.2, 0.25) is 0 Å². The normalized spacial score (nSPS) is 10.8. The van der Waals surface area contributed by atoms with Crippen LogP contribution in [0.3, 0.4) is 0 Å². The van der Waals surface area contributed by atoms with Gasteiger partial charge in [0.05, 0.1) is 17.9 Å². The molecular formula is C23H22FN3O3S. The molecule has 8 heteroatoms. The van der Waals surface area contributed by atoms with Crippen LogP contribution in [-0.4, -0.2) is 29.9 Å². The third-order valence-electron chi connectivity index (χ3n) is 4.21.